The van der Waals surface area contributed by atoms with E-state index >= 15 is 0 Å². The molecule has 0 spiro atoms. The Labute approximate surface area is 189 Å². The van der Waals surface area contributed by atoms with Gasteiger partial charge in [-0.2, -0.15) is 0 Å². The Morgan fingerprint density at radius 3 is 1.97 bits per heavy atom. The molecule has 2 aromatic rings. The van der Waals surface area contributed by atoms with Crippen LogP contribution in [0, 0.1) is 20.8 Å². The zero-order valence-electron chi connectivity index (χ0n) is 19.3. The fourth-order valence-corrected chi connectivity index (χ4v) is 3.76. The Kier molecular flexibility index (Phi) is 7.98. The van der Waals surface area contributed by atoms with Crippen LogP contribution in [0.4, 0.5) is 0 Å². The van der Waals surface area contributed by atoms with Crippen molar-refractivity contribution >= 4 is 11.8 Å². The molecule has 1 heterocycles. The Morgan fingerprint density at radius 2 is 1.34 bits per heavy atom. The molecule has 3 rings (SSSR count). The summed E-state index contributed by atoms with van der Waals surface area (Å²) in [4.78, 5) is 28.9. The van der Waals surface area contributed by atoms with Crippen LogP contribution in [-0.4, -0.2) is 68.1 Å². The van der Waals surface area contributed by atoms with Crippen LogP contribution in [0.1, 0.15) is 23.1 Å². The number of carbonyl (C=O) groups excluding carboxylic acids is 2. The lowest BCUT2D eigenvalue weighted by molar-refractivity contribution is -0.135. The molecule has 7 heteroatoms. The van der Waals surface area contributed by atoms with Crippen LogP contribution < -0.4 is 14.2 Å². The summed E-state index contributed by atoms with van der Waals surface area (Å²) in [5.41, 5.74) is 3.21. The smallest absolute Gasteiger partial charge is 0.260 e. The second-order valence-corrected chi connectivity index (χ2v) is 8.00. The maximum atomic E-state index is 12.7. The second kappa shape index (κ2) is 10.9. The molecule has 7 nitrogen and oxygen atoms in total. The van der Waals surface area contributed by atoms with Gasteiger partial charge in [0.2, 0.25) is 0 Å². The van der Waals surface area contributed by atoms with Gasteiger partial charge in [-0.05, 0) is 56.0 Å². The predicted molar refractivity (Wildman–Crippen MR) is 122 cm³/mol. The minimum atomic E-state index is -0.104. The predicted octanol–water partition coefficient (Wildman–Crippen LogP) is 3.14. The van der Waals surface area contributed by atoms with E-state index in [1.54, 1.807) is 29.0 Å². The number of hydrogen-bond acceptors (Lipinski definition) is 5. The average Bonchev–Trinajstić information content (AvgIpc) is 3.06. The molecule has 172 valence electrons. The number of aryl methyl sites for hydroxylation is 2. The molecular weight excluding hydrogens is 408 g/mol. The van der Waals surface area contributed by atoms with Gasteiger partial charge in [-0.25, -0.2) is 0 Å². The van der Waals surface area contributed by atoms with Crippen molar-refractivity contribution in [3.63, 3.8) is 0 Å². The first-order valence-corrected chi connectivity index (χ1v) is 10.9. The SMILES string of the molecule is COc1ccccc1OCC(=O)N1CCCN(C(=O)COc2c(C)ccc(C)c2C)CC1. The fourth-order valence-electron chi connectivity index (χ4n) is 3.76. The summed E-state index contributed by atoms with van der Waals surface area (Å²) in [6.45, 7) is 8.09. The molecule has 0 aromatic heterocycles. The average molecular weight is 441 g/mol. The van der Waals surface area contributed by atoms with Crippen molar-refractivity contribution in [2.75, 3.05) is 46.5 Å². The number of methoxy groups -OCH3 is 1. The standard InChI is InChI=1S/C25H32N2O5/c1-18-10-11-19(2)25(20(18)3)32-17-24(29)27-13-7-12-26(14-15-27)23(28)16-31-22-9-6-5-8-21(22)30-4/h5-6,8-11H,7,12-17H2,1-4H3. The molecule has 1 saturated heterocycles. The van der Waals surface area contributed by atoms with Crippen molar-refractivity contribution in [2.24, 2.45) is 0 Å². The summed E-state index contributed by atoms with van der Waals surface area (Å²) < 4.78 is 16.8. The molecule has 0 atom stereocenters. The van der Waals surface area contributed by atoms with Crippen LogP contribution in [0.3, 0.4) is 0 Å². The molecule has 32 heavy (non-hydrogen) atoms. The summed E-state index contributed by atoms with van der Waals surface area (Å²) in [7, 11) is 1.57. The quantitative estimate of drug-likeness (QED) is 0.662. The van der Waals surface area contributed by atoms with E-state index in [0.29, 0.717) is 44.1 Å². The highest BCUT2D eigenvalue weighted by atomic mass is 16.5. The lowest BCUT2D eigenvalue weighted by Crippen LogP contribution is -2.40. The van der Waals surface area contributed by atoms with E-state index in [9.17, 15) is 9.59 Å². The summed E-state index contributed by atoms with van der Waals surface area (Å²) >= 11 is 0. The summed E-state index contributed by atoms with van der Waals surface area (Å²) in [5, 5.41) is 0. The maximum absolute atomic E-state index is 12.7. The Bertz CT molecular complexity index is 959. The lowest BCUT2D eigenvalue weighted by Gasteiger charge is -2.23. The number of benzene rings is 2. The second-order valence-electron chi connectivity index (χ2n) is 8.00. The first-order chi connectivity index (χ1) is 15.4. The van der Waals surface area contributed by atoms with E-state index in [1.165, 1.54) is 0 Å². The molecule has 1 fully saturated rings. The first kappa shape index (κ1) is 23.4. The van der Waals surface area contributed by atoms with E-state index in [2.05, 4.69) is 6.07 Å². The van der Waals surface area contributed by atoms with Crippen molar-refractivity contribution < 1.29 is 23.8 Å². The van der Waals surface area contributed by atoms with Crippen molar-refractivity contribution in [3.8, 4) is 17.2 Å². The van der Waals surface area contributed by atoms with Gasteiger partial charge in [0.05, 0.1) is 7.11 Å². The van der Waals surface area contributed by atoms with E-state index < -0.39 is 0 Å². The normalized spacial score (nSPS) is 14.0. The van der Waals surface area contributed by atoms with Crippen molar-refractivity contribution in [1.82, 2.24) is 9.80 Å². The third-order valence-electron chi connectivity index (χ3n) is 5.84. The lowest BCUT2D eigenvalue weighted by atomic mass is 10.1. The number of ether oxygens (including phenoxy) is 3. The molecule has 2 aromatic carbocycles. The number of rotatable bonds is 7. The Balaban J connectivity index is 1.50. The van der Waals surface area contributed by atoms with Gasteiger partial charge >= 0.3 is 0 Å². The Hall–Kier alpha value is -3.22. The van der Waals surface area contributed by atoms with Gasteiger partial charge in [0, 0.05) is 26.2 Å². The molecule has 0 saturated carbocycles. The summed E-state index contributed by atoms with van der Waals surface area (Å²) in [5.74, 6) is 1.73. The third-order valence-corrected chi connectivity index (χ3v) is 5.84. The minimum Gasteiger partial charge on any atom is -0.493 e. The van der Waals surface area contributed by atoms with Gasteiger partial charge in [-0.15, -0.1) is 0 Å². The van der Waals surface area contributed by atoms with Gasteiger partial charge in [0.1, 0.15) is 5.75 Å². The first-order valence-electron chi connectivity index (χ1n) is 10.9. The van der Waals surface area contributed by atoms with Crippen molar-refractivity contribution in [1.29, 1.82) is 0 Å². The molecule has 2 amide bonds. The molecule has 1 aliphatic rings. The van der Waals surface area contributed by atoms with Crippen LogP contribution in [0.5, 0.6) is 17.2 Å². The highest BCUT2D eigenvalue weighted by Gasteiger charge is 2.23. The van der Waals surface area contributed by atoms with Gasteiger partial charge < -0.3 is 24.0 Å². The van der Waals surface area contributed by atoms with E-state index in [1.807, 2.05) is 39.0 Å². The topological polar surface area (TPSA) is 68.3 Å². The van der Waals surface area contributed by atoms with E-state index in [0.717, 1.165) is 22.4 Å². The summed E-state index contributed by atoms with van der Waals surface area (Å²) in [6.07, 6.45) is 0.717. The van der Waals surface area contributed by atoms with E-state index in [-0.39, 0.29) is 25.0 Å². The number of para-hydroxylation sites is 2. The Morgan fingerprint density at radius 1 is 0.781 bits per heavy atom. The molecule has 0 unspecified atom stereocenters. The van der Waals surface area contributed by atoms with Crippen molar-refractivity contribution in [3.05, 3.63) is 53.1 Å². The van der Waals surface area contributed by atoms with Gasteiger partial charge in [-0.3, -0.25) is 9.59 Å². The fraction of sp³-hybridized carbons (Fsp3) is 0.440. The van der Waals surface area contributed by atoms with Gasteiger partial charge in [-0.1, -0.05) is 24.3 Å². The molecule has 1 aliphatic heterocycles. The van der Waals surface area contributed by atoms with Crippen LogP contribution in [0.2, 0.25) is 0 Å². The summed E-state index contributed by atoms with van der Waals surface area (Å²) in [6, 6.07) is 11.3. The highest BCUT2D eigenvalue weighted by Crippen LogP contribution is 2.26. The van der Waals surface area contributed by atoms with Crippen LogP contribution >= 0.6 is 0 Å². The van der Waals surface area contributed by atoms with E-state index in [4.69, 9.17) is 14.2 Å². The third kappa shape index (κ3) is 5.72. The molecular formula is C25H32N2O5. The monoisotopic (exact) mass is 440 g/mol. The van der Waals surface area contributed by atoms with Crippen LogP contribution in [0.15, 0.2) is 36.4 Å². The molecule has 0 radical (unpaired) electrons. The van der Waals surface area contributed by atoms with Crippen LogP contribution in [0.25, 0.3) is 0 Å². The minimum absolute atomic E-state index is 0.00398. The van der Waals surface area contributed by atoms with Gasteiger partial charge in [0.25, 0.3) is 11.8 Å². The van der Waals surface area contributed by atoms with Crippen LogP contribution in [-0.2, 0) is 9.59 Å². The largest absolute Gasteiger partial charge is 0.493 e. The number of carbonyl (C=O) groups is 2. The number of nitrogens with zero attached hydrogens (tertiary/aromatic N) is 2. The molecule has 0 N–H and O–H groups in total. The molecule has 0 aliphatic carbocycles. The zero-order valence-corrected chi connectivity index (χ0v) is 19.3. The maximum Gasteiger partial charge on any atom is 0.260 e. The van der Waals surface area contributed by atoms with Crippen molar-refractivity contribution in [2.45, 2.75) is 27.2 Å². The molecule has 0 bridgehead atoms. The zero-order chi connectivity index (χ0) is 23.1. The highest BCUT2D eigenvalue weighted by molar-refractivity contribution is 5.79. The number of hydrogen-bond donors (Lipinski definition) is 0. The van der Waals surface area contributed by atoms with Gasteiger partial charge in [0.15, 0.2) is 24.7 Å². The number of amides is 2.